The van der Waals surface area contributed by atoms with Gasteiger partial charge in [-0.1, -0.05) is 0 Å². The van der Waals surface area contributed by atoms with E-state index in [9.17, 15) is 9.18 Å². The van der Waals surface area contributed by atoms with Crippen molar-refractivity contribution in [2.45, 2.75) is 19.5 Å². The molecule has 0 atom stereocenters. The summed E-state index contributed by atoms with van der Waals surface area (Å²) >= 11 is 0. The third-order valence-electron chi connectivity index (χ3n) is 0.509. The van der Waals surface area contributed by atoms with E-state index in [2.05, 4.69) is 0 Å². The third kappa shape index (κ3) is 3.87. The second kappa shape index (κ2) is 2.87. The molecule has 0 aliphatic heterocycles. The van der Waals surface area contributed by atoms with Gasteiger partial charge in [-0.3, -0.25) is 0 Å². The first-order chi connectivity index (χ1) is 2.94. The molecule has 0 spiro atoms. The van der Waals surface area contributed by atoms with Crippen molar-refractivity contribution in [1.29, 1.82) is 0 Å². The lowest BCUT2D eigenvalue weighted by molar-refractivity contribution is -0.148. The van der Waals surface area contributed by atoms with Crippen LogP contribution in [0.3, 0.4) is 0 Å². The van der Waals surface area contributed by atoms with E-state index in [0.717, 1.165) is 13.8 Å². The number of carboxylic acids is 1. The van der Waals surface area contributed by atoms with E-state index in [1.807, 2.05) is 0 Å². The summed E-state index contributed by atoms with van der Waals surface area (Å²) in [6.07, 6.45) is 0. The Morgan fingerprint density at radius 3 is 1.75 bits per heavy atom. The molecule has 0 unspecified atom stereocenters. The lowest BCUT2D eigenvalue weighted by Gasteiger charge is -2.03. The number of halogens is 2. The Morgan fingerprint density at radius 2 is 1.75 bits per heavy atom. The largest absolute Gasteiger partial charge is 0.479 e. The Balaban J connectivity index is 0. The summed E-state index contributed by atoms with van der Waals surface area (Å²) in [5, 5.41) is 7.88. The predicted octanol–water partition coefficient (Wildman–Crippen LogP) is 1.24. The highest BCUT2D eigenvalue weighted by Crippen LogP contribution is 2.05. The first kappa shape index (κ1) is 10.6. The topological polar surface area (TPSA) is 37.3 Å². The predicted molar refractivity (Wildman–Crippen MR) is 30.1 cm³/mol. The molecule has 1 N–H and O–H groups in total. The number of carbonyl (C=O) groups is 1. The molecule has 0 bridgehead atoms. The maximum atomic E-state index is 11.9. The SMILES string of the molecule is CC(C)(F)C(=O)O.Cl. The molecule has 4 heteroatoms. The van der Waals surface area contributed by atoms with Crippen LogP contribution in [0.5, 0.6) is 0 Å². The van der Waals surface area contributed by atoms with Crippen molar-refractivity contribution in [3.63, 3.8) is 0 Å². The van der Waals surface area contributed by atoms with Gasteiger partial charge in [0.25, 0.3) is 0 Å². The van der Waals surface area contributed by atoms with E-state index in [1.54, 1.807) is 0 Å². The molecule has 8 heavy (non-hydrogen) atoms. The number of carboxylic acid groups (broad SMARTS) is 1. The molecule has 2 nitrogen and oxygen atoms in total. The molecule has 0 saturated heterocycles. The van der Waals surface area contributed by atoms with E-state index in [4.69, 9.17) is 5.11 Å². The molecule has 0 aromatic heterocycles. The Morgan fingerprint density at radius 1 is 1.62 bits per heavy atom. The molecule has 0 radical (unpaired) electrons. The summed E-state index contributed by atoms with van der Waals surface area (Å²) in [4.78, 5) is 9.65. The monoisotopic (exact) mass is 142 g/mol. The van der Waals surface area contributed by atoms with Crippen molar-refractivity contribution < 1.29 is 14.3 Å². The van der Waals surface area contributed by atoms with Crippen molar-refractivity contribution >= 4 is 18.4 Å². The minimum Gasteiger partial charge on any atom is -0.479 e. The zero-order valence-corrected chi connectivity index (χ0v) is 5.46. The zero-order valence-electron chi connectivity index (χ0n) is 4.64. The summed E-state index contributed by atoms with van der Waals surface area (Å²) < 4.78 is 11.9. The molecule has 0 aliphatic rings. The van der Waals surface area contributed by atoms with Crippen molar-refractivity contribution in [3.8, 4) is 0 Å². The van der Waals surface area contributed by atoms with Crippen LogP contribution in [-0.2, 0) is 4.79 Å². The fraction of sp³-hybridized carbons (Fsp3) is 0.750. The number of alkyl halides is 1. The van der Waals surface area contributed by atoms with Crippen LogP contribution >= 0.6 is 12.4 Å². The van der Waals surface area contributed by atoms with Crippen LogP contribution in [0.2, 0.25) is 0 Å². The van der Waals surface area contributed by atoms with Gasteiger partial charge in [0.2, 0.25) is 5.67 Å². The van der Waals surface area contributed by atoms with Gasteiger partial charge in [-0.15, -0.1) is 12.4 Å². The van der Waals surface area contributed by atoms with Gasteiger partial charge >= 0.3 is 5.97 Å². The van der Waals surface area contributed by atoms with Crippen molar-refractivity contribution in [3.05, 3.63) is 0 Å². The fourth-order valence-corrected chi connectivity index (χ4v) is 0. The molecule has 0 amide bonds. The zero-order chi connectivity index (χ0) is 6.08. The Labute approximate surface area is 53.1 Å². The van der Waals surface area contributed by atoms with E-state index in [1.165, 1.54) is 0 Å². The molecule has 0 rings (SSSR count). The van der Waals surface area contributed by atoms with E-state index >= 15 is 0 Å². The molecular weight excluding hydrogens is 134 g/mol. The van der Waals surface area contributed by atoms with Crippen LogP contribution < -0.4 is 0 Å². The first-order valence-corrected chi connectivity index (χ1v) is 1.87. The number of hydrogen-bond donors (Lipinski definition) is 1. The van der Waals surface area contributed by atoms with Gasteiger partial charge < -0.3 is 5.11 Å². The minimum absolute atomic E-state index is 0. The smallest absolute Gasteiger partial charge is 0.340 e. The molecule has 0 aromatic rings. The van der Waals surface area contributed by atoms with Gasteiger partial charge in [0.05, 0.1) is 0 Å². The average molecular weight is 143 g/mol. The average Bonchev–Trinajstić information content (AvgIpc) is 1.31. The molecule has 50 valence electrons. The van der Waals surface area contributed by atoms with Crippen molar-refractivity contribution in [2.75, 3.05) is 0 Å². The van der Waals surface area contributed by atoms with Crippen molar-refractivity contribution in [2.24, 2.45) is 0 Å². The van der Waals surface area contributed by atoms with Gasteiger partial charge in [-0.05, 0) is 13.8 Å². The number of hydrogen-bond acceptors (Lipinski definition) is 1. The van der Waals surface area contributed by atoms with E-state index < -0.39 is 11.6 Å². The molecular formula is C4H8ClFO2. The Hall–Kier alpha value is -0.310. The Kier molecular flexibility index (Phi) is 3.81. The summed E-state index contributed by atoms with van der Waals surface area (Å²) in [7, 11) is 0. The molecule has 0 fully saturated rings. The fourth-order valence-electron chi connectivity index (χ4n) is 0. The van der Waals surface area contributed by atoms with Crippen LogP contribution in [0.15, 0.2) is 0 Å². The molecule has 0 heterocycles. The summed E-state index contributed by atoms with van der Waals surface area (Å²) in [6, 6.07) is 0. The lowest BCUT2D eigenvalue weighted by atomic mass is 10.2. The lowest BCUT2D eigenvalue weighted by Crippen LogP contribution is -2.24. The summed E-state index contributed by atoms with van der Waals surface area (Å²) in [5.74, 6) is -1.42. The summed E-state index contributed by atoms with van der Waals surface area (Å²) in [6.45, 7) is 1.99. The van der Waals surface area contributed by atoms with Gasteiger partial charge in [0.15, 0.2) is 0 Å². The highest BCUT2D eigenvalue weighted by molar-refractivity contribution is 5.85. The van der Waals surface area contributed by atoms with Crippen LogP contribution in [0.4, 0.5) is 4.39 Å². The number of rotatable bonds is 1. The van der Waals surface area contributed by atoms with Crippen LogP contribution in [0.1, 0.15) is 13.8 Å². The minimum atomic E-state index is -2.08. The highest BCUT2D eigenvalue weighted by atomic mass is 35.5. The van der Waals surface area contributed by atoms with E-state index in [-0.39, 0.29) is 12.4 Å². The van der Waals surface area contributed by atoms with Gasteiger partial charge in [-0.25, -0.2) is 9.18 Å². The standard InChI is InChI=1S/C4H7FO2.ClH/c1-4(2,5)3(6)7;/h1-2H3,(H,6,7);1H. The van der Waals surface area contributed by atoms with Crippen LogP contribution in [-0.4, -0.2) is 16.7 Å². The van der Waals surface area contributed by atoms with Crippen molar-refractivity contribution in [1.82, 2.24) is 0 Å². The maximum absolute atomic E-state index is 11.9. The molecule has 0 aliphatic carbocycles. The maximum Gasteiger partial charge on any atom is 0.340 e. The van der Waals surface area contributed by atoms with Crippen LogP contribution in [0, 0.1) is 0 Å². The van der Waals surface area contributed by atoms with Gasteiger partial charge in [-0.2, -0.15) is 0 Å². The quantitative estimate of drug-likeness (QED) is 0.598. The van der Waals surface area contributed by atoms with Crippen LogP contribution in [0.25, 0.3) is 0 Å². The molecule has 0 aromatic carbocycles. The van der Waals surface area contributed by atoms with E-state index in [0.29, 0.717) is 0 Å². The second-order valence-corrected chi connectivity index (χ2v) is 1.78. The van der Waals surface area contributed by atoms with Gasteiger partial charge in [0, 0.05) is 0 Å². The second-order valence-electron chi connectivity index (χ2n) is 1.78. The normalized spacial score (nSPS) is 9.88. The third-order valence-corrected chi connectivity index (χ3v) is 0.509. The first-order valence-electron chi connectivity index (χ1n) is 1.87. The summed E-state index contributed by atoms with van der Waals surface area (Å²) in [5.41, 5.74) is -2.08. The van der Waals surface area contributed by atoms with Gasteiger partial charge in [0.1, 0.15) is 0 Å². The Bertz CT molecular complexity index is 86.5. The number of aliphatic carboxylic acids is 1. The highest BCUT2D eigenvalue weighted by Gasteiger charge is 2.24. The molecule has 0 saturated carbocycles.